The Hall–Kier alpha value is -0.780. The van der Waals surface area contributed by atoms with Crippen molar-refractivity contribution in [1.29, 1.82) is 0 Å². The highest BCUT2D eigenvalue weighted by molar-refractivity contribution is 5.64. The summed E-state index contributed by atoms with van der Waals surface area (Å²) in [6, 6.07) is 0. The number of ether oxygens (including phenoxy) is 1. The molecule has 11 heavy (non-hydrogen) atoms. The van der Waals surface area contributed by atoms with Crippen molar-refractivity contribution >= 4 is 6.21 Å². The number of likely N-dealkylation sites (N-methyl/N-ethyl adjacent to an activating group) is 1. The van der Waals surface area contributed by atoms with E-state index in [2.05, 4.69) is 16.1 Å². The molecular weight excluding hydrogens is 161 g/mol. The molecule has 0 spiro atoms. The van der Waals surface area contributed by atoms with Crippen molar-refractivity contribution in [1.82, 2.24) is 5.01 Å². The lowest BCUT2D eigenvalue weighted by Gasteiger charge is -2.12. The number of hydrogen-bond donors (Lipinski definition) is 0. The molecule has 0 fully saturated rings. The van der Waals surface area contributed by atoms with E-state index < -0.39 is 12.5 Å². The van der Waals surface area contributed by atoms with E-state index in [4.69, 9.17) is 0 Å². The predicted molar refractivity (Wildman–Crippen MR) is 31.0 cm³/mol. The summed E-state index contributed by atoms with van der Waals surface area (Å²) in [6.45, 7) is 0.0967. The Bertz CT molecular complexity index is 168. The summed E-state index contributed by atoms with van der Waals surface area (Å²) in [6.07, 6.45) is -3.51. The molecule has 0 aromatic heterocycles. The van der Waals surface area contributed by atoms with Gasteiger partial charge in [-0.25, -0.2) is 0 Å². The Labute approximate surface area is 61.4 Å². The quantitative estimate of drug-likeness (QED) is 0.574. The molecule has 1 rings (SSSR count). The minimum absolute atomic E-state index is 0.0967. The molecule has 6 heteroatoms. The molecule has 0 bridgehead atoms. The number of nitrogens with zero attached hydrogens (tertiary/aromatic N) is 2. The van der Waals surface area contributed by atoms with E-state index in [0.29, 0.717) is 0 Å². The third kappa shape index (κ3) is 2.75. The number of hydrazone groups is 1. The topological polar surface area (TPSA) is 24.8 Å². The maximum atomic E-state index is 11.5. The first-order valence-corrected chi connectivity index (χ1v) is 2.89. The van der Waals surface area contributed by atoms with Gasteiger partial charge in [0.2, 0.25) is 0 Å². The molecule has 1 unspecified atom stereocenters. The van der Waals surface area contributed by atoms with Crippen LogP contribution in [0.25, 0.3) is 0 Å². The van der Waals surface area contributed by atoms with Gasteiger partial charge in [-0.15, -0.1) is 13.2 Å². The number of halogens is 3. The van der Waals surface area contributed by atoms with Gasteiger partial charge in [-0.1, -0.05) is 0 Å². The lowest BCUT2D eigenvalue weighted by molar-refractivity contribution is -0.332. The van der Waals surface area contributed by atoms with Gasteiger partial charge in [0, 0.05) is 7.05 Å². The van der Waals surface area contributed by atoms with Crippen LogP contribution < -0.4 is 0 Å². The first kappa shape index (κ1) is 8.32. The first-order chi connectivity index (χ1) is 4.97. The molecule has 63 valence electrons. The van der Waals surface area contributed by atoms with Crippen molar-refractivity contribution in [3.05, 3.63) is 0 Å². The van der Waals surface area contributed by atoms with E-state index in [0.717, 1.165) is 0 Å². The van der Waals surface area contributed by atoms with Crippen LogP contribution >= 0.6 is 0 Å². The zero-order chi connectivity index (χ0) is 8.48. The van der Waals surface area contributed by atoms with Crippen LogP contribution in [0.1, 0.15) is 0 Å². The molecule has 0 saturated carbocycles. The van der Waals surface area contributed by atoms with Crippen LogP contribution in [0.5, 0.6) is 0 Å². The van der Waals surface area contributed by atoms with Crippen molar-refractivity contribution in [2.24, 2.45) is 5.10 Å². The Morgan fingerprint density at radius 3 is 2.64 bits per heavy atom. The number of rotatable bonds is 1. The van der Waals surface area contributed by atoms with E-state index >= 15 is 0 Å². The van der Waals surface area contributed by atoms with Crippen molar-refractivity contribution in [2.45, 2.75) is 12.5 Å². The molecule has 0 aromatic carbocycles. The molecule has 3 nitrogen and oxygen atoms in total. The lowest BCUT2D eigenvalue weighted by Crippen LogP contribution is -2.28. The summed E-state index contributed by atoms with van der Waals surface area (Å²) in [4.78, 5) is 0. The largest absolute Gasteiger partial charge is 0.523 e. The second-order valence-electron chi connectivity index (χ2n) is 2.12. The lowest BCUT2D eigenvalue weighted by atomic mass is 10.4. The monoisotopic (exact) mass is 167 g/mol. The number of alkyl halides is 3. The fourth-order valence-electron chi connectivity index (χ4n) is 0.710. The Balaban J connectivity index is 2.36. The van der Waals surface area contributed by atoms with Gasteiger partial charge in [-0.3, -0.25) is 9.75 Å². The fraction of sp³-hybridized carbons (Fsp3) is 0.800. The molecule has 1 radical (unpaired) electrons. The summed E-state index contributed by atoms with van der Waals surface area (Å²) >= 11 is 0. The van der Waals surface area contributed by atoms with Crippen LogP contribution in [0, 0.1) is 0 Å². The molecule has 0 aliphatic carbocycles. The SMILES string of the molecule is CN1CC(OC(F)(F)F)[C]=N1. The van der Waals surface area contributed by atoms with Gasteiger partial charge in [0.15, 0.2) is 0 Å². The maximum Gasteiger partial charge on any atom is 0.523 e. The smallest absolute Gasteiger partial charge is 0.297 e. The first-order valence-electron chi connectivity index (χ1n) is 2.89. The van der Waals surface area contributed by atoms with Crippen molar-refractivity contribution < 1.29 is 17.9 Å². The average Bonchev–Trinajstić information content (AvgIpc) is 2.10. The molecule has 1 heterocycles. The standard InChI is InChI=1S/C5H6F3N2O/c1-10-3-4(2-9-10)11-5(6,7)8/h4H,3H2,1H3. The van der Waals surface area contributed by atoms with Gasteiger partial charge in [-0.05, 0) is 0 Å². The van der Waals surface area contributed by atoms with E-state index in [1.807, 2.05) is 0 Å². The average molecular weight is 167 g/mol. The highest BCUT2D eigenvalue weighted by Crippen LogP contribution is 2.19. The highest BCUT2D eigenvalue weighted by atomic mass is 19.4. The second-order valence-corrected chi connectivity index (χ2v) is 2.12. The van der Waals surface area contributed by atoms with E-state index in [1.165, 1.54) is 5.01 Å². The second kappa shape index (κ2) is 2.69. The summed E-state index contributed by atoms with van der Waals surface area (Å²) in [5.74, 6) is 0. The number of hydrogen-bond acceptors (Lipinski definition) is 3. The summed E-state index contributed by atoms with van der Waals surface area (Å²) in [7, 11) is 1.55. The van der Waals surface area contributed by atoms with Gasteiger partial charge >= 0.3 is 6.36 Å². The van der Waals surface area contributed by atoms with Gasteiger partial charge in [-0.2, -0.15) is 5.10 Å². The van der Waals surface area contributed by atoms with Crippen LogP contribution in [0.3, 0.4) is 0 Å². The molecule has 0 saturated heterocycles. The molecule has 1 aliphatic heterocycles. The van der Waals surface area contributed by atoms with Crippen molar-refractivity contribution in [3.63, 3.8) is 0 Å². The third-order valence-corrected chi connectivity index (χ3v) is 1.08. The molecule has 1 atom stereocenters. The van der Waals surface area contributed by atoms with Crippen LogP contribution in [-0.2, 0) is 4.74 Å². The molecular formula is C5H6F3N2O. The van der Waals surface area contributed by atoms with Gasteiger partial charge in [0.05, 0.1) is 6.54 Å². The molecule has 1 aliphatic rings. The van der Waals surface area contributed by atoms with Crippen molar-refractivity contribution in [3.8, 4) is 0 Å². The zero-order valence-electron chi connectivity index (χ0n) is 5.72. The summed E-state index contributed by atoms with van der Waals surface area (Å²) < 4.78 is 38.2. The predicted octanol–water partition coefficient (Wildman–Crippen LogP) is 0.700. The van der Waals surface area contributed by atoms with Gasteiger partial charge < -0.3 is 0 Å². The van der Waals surface area contributed by atoms with Gasteiger partial charge in [0.25, 0.3) is 0 Å². The van der Waals surface area contributed by atoms with Crippen LogP contribution in [-0.4, -0.2) is 37.3 Å². The Kier molecular flexibility index (Phi) is 2.03. The fourth-order valence-corrected chi connectivity index (χ4v) is 0.710. The minimum atomic E-state index is -4.60. The molecule has 0 N–H and O–H groups in total. The normalized spacial score (nSPS) is 24.7. The van der Waals surface area contributed by atoms with Crippen LogP contribution in [0.15, 0.2) is 5.10 Å². The van der Waals surface area contributed by atoms with E-state index in [1.54, 1.807) is 7.05 Å². The highest BCUT2D eigenvalue weighted by Gasteiger charge is 2.35. The zero-order valence-corrected chi connectivity index (χ0v) is 5.72. The molecule has 0 aromatic rings. The summed E-state index contributed by atoms with van der Waals surface area (Å²) in [5.41, 5.74) is 0. The maximum absolute atomic E-state index is 11.5. The third-order valence-electron chi connectivity index (χ3n) is 1.08. The minimum Gasteiger partial charge on any atom is -0.297 e. The summed E-state index contributed by atoms with van der Waals surface area (Å²) in [5, 5.41) is 4.79. The van der Waals surface area contributed by atoms with Crippen LogP contribution in [0.4, 0.5) is 13.2 Å². The Morgan fingerprint density at radius 1 is 1.64 bits per heavy atom. The van der Waals surface area contributed by atoms with E-state index in [9.17, 15) is 13.2 Å². The van der Waals surface area contributed by atoms with Crippen molar-refractivity contribution in [2.75, 3.05) is 13.6 Å². The van der Waals surface area contributed by atoms with E-state index in [-0.39, 0.29) is 6.54 Å². The molecule has 0 amide bonds. The Morgan fingerprint density at radius 2 is 2.27 bits per heavy atom. The van der Waals surface area contributed by atoms with Crippen LogP contribution in [0.2, 0.25) is 0 Å². The van der Waals surface area contributed by atoms with Gasteiger partial charge in [0.1, 0.15) is 12.3 Å².